The quantitative estimate of drug-likeness (QED) is 0.371. The Hall–Kier alpha value is -3.29. The SMILES string of the molecule is CCn1c(CNc2nc(COC)nc3scc(-c4ccccc4)c23)nc2ccccc21. The van der Waals surface area contributed by atoms with Crippen molar-refractivity contribution in [3.8, 4) is 11.1 Å². The van der Waals surface area contributed by atoms with Gasteiger partial charge in [0.2, 0.25) is 0 Å². The summed E-state index contributed by atoms with van der Waals surface area (Å²) >= 11 is 1.63. The summed E-state index contributed by atoms with van der Waals surface area (Å²) in [4.78, 5) is 15.3. The molecule has 156 valence electrons. The van der Waals surface area contributed by atoms with E-state index < -0.39 is 0 Å². The van der Waals surface area contributed by atoms with Crippen LogP contribution in [0.3, 0.4) is 0 Å². The molecular weight excluding hydrogens is 406 g/mol. The number of fused-ring (bicyclic) bond motifs is 2. The molecule has 0 atom stereocenters. The first-order chi connectivity index (χ1) is 15.3. The van der Waals surface area contributed by atoms with Crippen molar-refractivity contribution in [1.29, 1.82) is 0 Å². The van der Waals surface area contributed by atoms with Gasteiger partial charge in [-0.1, -0.05) is 42.5 Å². The minimum atomic E-state index is 0.372. The highest BCUT2D eigenvalue weighted by Gasteiger charge is 2.16. The molecule has 3 heterocycles. The third-order valence-corrected chi connectivity index (χ3v) is 6.17. The van der Waals surface area contributed by atoms with Crippen LogP contribution in [0, 0.1) is 0 Å². The van der Waals surface area contributed by atoms with Crippen molar-refractivity contribution < 1.29 is 4.74 Å². The van der Waals surface area contributed by atoms with E-state index in [1.807, 2.05) is 12.1 Å². The van der Waals surface area contributed by atoms with Crippen molar-refractivity contribution in [3.63, 3.8) is 0 Å². The van der Waals surface area contributed by atoms with E-state index >= 15 is 0 Å². The minimum Gasteiger partial charge on any atom is -0.377 e. The van der Waals surface area contributed by atoms with Gasteiger partial charge in [-0.05, 0) is 24.6 Å². The largest absolute Gasteiger partial charge is 0.377 e. The molecule has 7 heteroatoms. The van der Waals surface area contributed by atoms with Crippen molar-refractivity contribution in [2.75, 3.05) is 12.4 Å². The van der Waals surface area contributed by atoms with Gasteiger partial charge in [0, 0.05) is 24.6 Å². The highest BCUT2D eigenvalue weighted by molar-refractivity contribution is 7.17. The standard InChI is InChI=1S/C24H23N5OS/c1-3-29-19-12-8-7-11-18(19)26-21(29)13-25-23-22-17(16-9-5-4-6-10-16)15-31-24(22)28-20(27-23)14-30-2/h4-12,15H,3,13-14H2,1-2H3,(H,25,27,28). The number of thiophene rings is 1. The van der Waals surface area contributed by atoms with Gasteiger partial charge >= 0.3 is 0 Å². The fourth-order valence-corrected chi connectivity index (χ4v) is 4.88. The van der Waals surface area contributed by atoms with E-state index in [0.717, 1.165) is 50.6 Å². The second-order valence-corrected chi connectivity index (χ2v) is 8.09. The smallest absolute Gasteiger partial charge is 0.158 e. The van der Waals surface area contributed by atoms with Crippen LogP contribution in [-0.4, -0.2) is 26.6 Å². The van der Waals surface area contributed by atoms with Crippen LogP contribution in [0.4, 0.5) is 5.82 Å². The van der Waals surface area contributed by atoms with Crippen LogP contribution in [0.1, 0.15) is 18.6 Å². The average molecular weight is 430 g/mol. The maximum atomic E-state index is 5.30. The molecule has 1 N–H and O–H groups in total. The number of rotatable bonds is 7. The lowest BCUT2D eigenvalue weighted by molar-refractivity contribution is 0.178. The molecule has 0 fully saturated rings. The van der Waals surface area contributed by atoms with Crippen LogP contribution in [0.15, 0.2) is 60.0 Å². The number of imidazole rings is 1. The first kappa shape index (κ1) is 19.7. The van der Waals surface area contributed by atoms with Crippen molar-refractivity contribution in [2.45, 2.75) is 26.6 Å². The Labute approximate surface area is 184 Å². The average Bonchev–Trinajstić information content (AvgIpc) is 3.39. The Balaban J connectivity index is 1.58. The number of nitrogens with one attached hydrogen (secondary N) is 1. The van der Waals surface area contributed by atoms with Crippen LogP contribution in [0.25, 0.3) is 32.4 Å². The summed E-state index contributed by atoms with van der Waals surface area (Å²) < 4.78 is 7.54. The Kier molecular flexibility index (Phi) is 5.36. The lowest BCUT2D eigenvalue weighted by atomic mass is 10.1. The molecule has 3 aromatic heterocycles. The topological polar surface area (TPSA) is 64.9 Å². The Morgan fingerprint density at radius 3 is 2.61 bits per heavy atom. The maximum absolute atomic E-state index is 5.30. The zero-order chi connectivity index (χ0) is 21.2. The minimum absolute atomic E-state index is 0.372. The summed E-state index contributed by atoms with van der Waals surface area (Å²) in [5.74, 6) is 2.47. The first-order valence-electron chi connectivity index (χ1n) is 10.3. The second-order valence-electron chi connectivity index (χ2n) is 7.23. The maximum Gasteiger partial charge on any atom is 0.158 e. The summed E-state index contributed by atoms with van der Waals surface area (Å²) in [7, 11) is 1.66. The van der Waals surface area contributed by atoms with Gasteiger partial charge in [-0.15, -0.1) is 11.3 Å². The van der Waals surface area contributed by atoms with Crippen LogP contribution in [0.5, 0.6) is 0 Å². The molecule has 0 saturated carbocycles. The van der Waals surface area contributed by atoms with Gasteiger partial charge < -0.3 is 14.6 Å². The normalized spacial score (nSPS) is 11.4. The van der Waals surface area contributed by atoms with Crippen LogP contribution in [0.2, 0.25) is 0 Å². The van der Waals surface area contributed by atoms with E-state index in [0.29, 0.717) is 19.0 Å². The van der Waals surface area contributed by atoms with Crippen LogP contribution in [-0.2, 0) is 24.4 Å². The van der Waals surface area contributed by atoms with Gasteiger partial charge in [0.1, 0.15) is 23.1 Å². The number of aromatic nitrogens is 4. The molecule has 0 radical (unpaired) electrons. The molecule has 5 aromatic rings. The molecule has 0 aliphatic carbocycles. The lowest BCUT2D eigenvalue weighted by Gasteiger charge is -2.11. The molecule has 0 aliphatic rings. The molecule has 6 nitrogen and oxygen atoms in total. The molecule has 31 heavy (non-hydrogen) atoms. The van der Waals surface area contributed by atoms with E-state index in [2.05, 4.69) is 64.7 Å². The van der Waals surface area contributed by atoms with Crippen LogP contribution >= 0.6 is 11.3 Å². The molecule has 0 saturated heterocycles. The van der Waals surface area contributed by atoms with Gasteiger partial charge in [0.15, 0.2) is 5.82 Å². The third-order valence-electron chi connectivity index (χ3n) is 5.30. The lowest BCUT2D eigenvalue weighted by Crippen LogP contribution is -2.10. The molecule has 0 aliphatic heterocycles. The van der Waals surface area contributed by atoms with Crippen molar-refractivity contribution in [2.24, 2.45) is 0 Å². The molecule has 5 rings (SSSR count). The van der Waals surface area contributed by atoms with E-state index in [-0.39, 0.29) is 0 Å². The van der Waals surface area contributed by atoms with Crippen LogP contribution < -0.4 is 5.32 Å². The number of ether oxygens (including phenoxy) is 1. The highest BCUT2D eigenvalue weighted by Crippen LogP contribution is 2.37. The highest BCUT2D eigenvalue weighted by atomic mass is 32.1. The number of benzene rings is 2. The predicted molar refractivity (Wildman–Crippen MR) is 126 cm³/mol. The van der Waals surface area contributed by atoms with E-state index in [9.17, 15) is 0 Å². The molecule has 0 amide bonds. The molecule has 0 unspecified atom stereocenters. The number of para-hydroxylation sites is 2. The zero-order valence-electron chi connectivity index (χ0n) is 17.5. The van der Waals surface area contributed by atoms with Crippen molar-refractivity contribution in [3.05, 3.63) is 71.6 Å². The Bertz CT molecular complexity index is 1340. The van der Waals surface area contributed by atoms with Gasteiger partial charge in [-0.2, -0.15) is 0 Å². The summed E-state index contributed by atoms with van der Waals surface area (Å²) in [5.41, 5.74) is 4.45. The fraction of sp³-hybridized carbons (Fsp3) is 0.208. The first-order valence-corrected chi connectivity index (χ1v) is 11.2. The molecule has 0 spiro atoms. The van der Waals surface area contributed by atoms with E-state index in [4.69, 9.17) is 19.7 Å². The number of hydrogen-bond acceptors (Lipinski definition) is 6. The predicted octanol–water partition coefficient (Wildman–Crippen LogP) is 5.49. The molecule has 0 bridgehead atoms. The van der Waals surface area contributed by atoms with E-state index in [1.54, 1.807) is 18.4 Å². The third kappa shape index (κ3) is 3.66. The van der Waals surface area contributed by atoms with Crippen molar-refractivity contribution in [1.82, 2.24) is 19.5 Å². The summed E-state index contributed by atoms with van der Waals surface area (Å²) in [6.45, 7) is 3.95. The Morgan fingerprint density at radius 1 is 1.00 bits per heavy atom. The van der Waals surface area contributed by atoms with Gasteiger partial charge in [-0.3, -0.25) is 0 Å². The Morgan fingerprint density at radius 2 is 1.81 bits per heavy atom. The van der Waals surface area contributed by atoms with Crippen molar-refractivity contribution >= 4 is 38.4 Å². The van der Waals surface area contributed by atoms with E-state index in [1.165, 1.54) is 0 Å². The fourth-order valence-electron chi connectivity index (χ4n) is 3.91. The number of aryl methyl sites for hydroxylation is 1. The number of nitrogens with zero attached hydrogens (tertiary/aromatic N) is 4. The van der Waals surface area contributed by atoms with Gasteiger partial charge in [-0.25, -0.2) is 15.0 Å². The second kappa shape index (κ2) is 8.45. The number of hydrogen-bond donors (Lipinski definition) is 1. The molecule has 2 aromatic carbocycles. The van der Waals surface area contributed by atoms with Gasteiger partial charge in [0.25, 0.3) is 0 Å². The molecular formula is C24H23N5OS. The summed E-state index contributed by atoms with van der Waals surface area (Å²) in [6.07, 6.45) is 0. The van der Waals surface area contributed by atoms with Gasteiger partial charge in [0.05, 0.1) is 23.0 Å². The number of methoxy groups -OCH3 is 1. The zero-order valence-corrected chi connectivity index (χ0v) is 18.3. The number of anilines is 1. The monoisotopic (exact) mass is 429 g/mol. The summed E-state index contributed by atoms with van der Waals surface area (Å²) in [5, 5.41) is 6.74. The summed E-state index contributed by atoms with van der Waals surface area (Å²) in [6, 6.07) is 18.6.